The summed E-state index contributed by atoms with van der Waals surface area (Å²) in [5.74, 6) is 1.59. The number of nitrogens with zero attached hydrogens (tertiary/aromatic N) is 3. The first-order valence-electron chi connectivity index (χ1n) is 10.7. The molecule has 1 fully saturated rings. The van der Waals surface area contributed by atoms with Crippen molar-refractivity contribution in [3.63, 3.8) is 0 Å². The maximum absolute atomic E-state index is 13.4. The van der Waals surface area contributed by atoms with Gasteiger partial charge in [-0.05, 0) is 55.3 Å². The molecule has 1 aliphatic heterocycles. The molecule has 3 aromatic rings. The predicted molar refractivity (Wildman–Crippen MR) is 115 cm³/mol. The number of ether oxygens (including phenoxy) is 2. The summed E-state index contributed by atoms with van der Waals surface area (Å²) in [5.41, 5.74) is 1.50. The second kappa shape index (κ2) is 8.45. The summed E-state index contributed by atoms with van der Waals surface area (Å²) in [7, 11) is 1.95. The maximum atomic E-state index is 13.4. The molecule has 2 amide bonds. The van der Waals surface area contributed by atoms with Crippen LogP contribution in [0.2, 0.25) is 0 Å². The van der Waals surface area contributed by atoms with Crippen molar-refractivity contribution in [3.8, 4) is 11.5 Å². The van der Waals surface area contributed by atoms with Crippen LogP contribution >= 0.6 is 0 Å². The SMILES string of the molecule is Cn1cccc1CN(Cc1ccco1)C(=O)CN(C(=O)c1ccc2c(c1)OCO2)C1CC1. The first-order chi connectivity index (χ1) is 15.6. The fourth-order valence-corrected chi connectivity index (χ4v) is 3.87. The van der Waals surface area contributed by atoms with Crippen molar-refractivity contribution in [1.29, 1.82) is 0 Å². The minimum Gasteiger partial charge on any atom is -0.467 e. The summed E-state index contributed by atoms with van der Waals surface area (Å²) in [5, 5.41) is 0. The van der Waals surface area contributed by atoms with Crippen molar-refractivity contribution in [2.45, 2.75) is 32.0 Å². The third-order valence-corrected chi connectivity index (χ3v) is 5.86. The van der Waals surface area contributed by atoms with Gasteiger partial charge in [0.25, 0.3) is 5.91 Å². The van der Waals surface area contributed by atoms with E-state index in [-0.39, 0.29) is 31.2 Å². The molecule has 0 spiro atoms. The topological polar surface area (TPSA) is 77.2 Å². The molecule has 0 unspecified atom stereocenters. The maximum Gasteiger partial charge on any atom is 0.254 e. The molecule has 166 valence electrons. The van der Waals surface area contributed by atoms with Crippen LogP contribution in [0, 0.1) is 0 Å². The molecule has 5 rings (SSSR count). The van der Waals surface area contributed by atoms with Crippen molar-refractivity contribution in [2.75, 3.05) is 13.3 Å². The summed E-state index contributed by atoms with van der Waals surface area (Å²) in [6.07, 6.45) is 5.35. The zero-order valence-corrected chi connectivity index (χ0v) is 17.9. The van der Waals surface area contributed by atoms with Crippen LogP contribution in [0.5, 0.6) is 11.5 Å². The summed E-state index contributed by atoms with van der Waals surface area (Å²) in [6, 6.07) is 12.8. The number of aryl methyl sites for hydroxylation is 1. The number of aromatic nitrogens is 1. The van der Waals surface area contributed by atoms with Crippen LogP contribution in [0.4, 0.5) is 0 Å². The highest BCUT2D eigenvalue weighted by atomic mass is 16.7. The van der Waals surface area contributed by atoms with Gasteiger partial charge in [-0.25, -0.2) is 0 Å². The molecule has 2 aromatic heterocycles. The van der Waals surface area contributed by atoms with Crippen LogP contribution in [0.1, 0.15) is 34.7 Å². The fourth-order valence-electron chi connectivity index (χ4n) is 3.87. The molecular weight excluding hydrogens is 410 g/mol. The Bertz CT molecular complexity index is 1120. The van der Waals surface area contributed by atoms with Crippen molar-refractivity contribution in [3.05, 3.63) is 71.9 Å². The Hall–Kier alpha value is -3.68. The largest absolute Gasteiger partial charge is 0.467 e. The van der Waals surface area contributed by atoms with Gasteiger partial charge in [0.1, 0.15) is 12.3 Å². The Labute approximate surface area is 185 Å². The van der Waals surface area contributed by atoms with Crippen LogP contribution < -0.4 is 9.47 Å². The van der Waals surface area contributed by atoms with Gasteiger partial charge in [-0.1, -0.05) is 0 Å². The molecule has 0 atom stereocenters. The molecule has 1 saturated carbocycles. The normalized spacial score (nSPS) is 14.4. The predicted octanol–water partition coefficient (Wildman–Crippen LogP) is 3.18. The van der Waals surface area contributed by atoms with Gasteiger partial charge in [0.2, 0.25) is 12.7 Å². The Morgan fingerprint density at radius 1 is 1.06 bits per heavy atom. The van der Waals surface area contributed by atoms with Crippen LogP contribution in [0.3, 0.4) is 0 Å². The Kier molecular flexibility index (Phi) is 5.34. The van der Waals surface area contributed by atoms with E-state index in [0.717, 1.165) is 18.5 Å². The van der Waals surface area contributed by atoms with Gasteiger partial charge in [0.05, 0.1) is 19.4 Å². The molecule has 0 bridgehead atoms. The molecule has 8 heteroatoms. The lowest BCUT2D eigenvalue weighted by atomic mass is 10.1. The average molecular weight is 435 g/mol. The molecule has 1 aliphatic carbocycles. The molecule has 8 nitrogen and oxygen atoms in total. The number of fused-ring (bicyclic) bond motifs is 1. The van der Waals surface area contributed by atoms with E-state index in [0.29, 0.717) is 35.9 Å². The number of hydrogen-bond acceptors (Lipinski definition) is 5. The highest BCUT2D eigenvalue weighted by molar-refractivity contribution is 5.97. The lowest BCUT2D eigenvalue weighted by Crippen LogP contribution is -2.43. The summed E-state index contributed by atoms with van der Waals surface area (Å²) in [4.78, 5) is 30.1. The number of furan rings is 1. The standard InChI is InChI=1S/C24H25N3O5/c1-25-10-2-4-19(25)13-26(14-20-5-3-11-30-20)23(28)15-27(18-7-8-18)24(29)17-6-9-21-22(12-17)32-16-31-21/h2-6,9-12,18H,7-8,13-16H2,1H3. The summed E-state index contributed by atoms with van der Waals surface area (Å²) < 4.78 is 18.2. The second-order valence-electron chi connectivity index (χ2n) is 8.17. The number of hydrogen-bond donors (Lipinski definition) is 0. The highest BCUT2D eigenvalue weighted by Gasteiger charge is 2.36. The lowest BCUT2D eigenvalue weighted by Gasteiger charge is -2.27. The average Bonchev–Trinajstić information content (AvgIpc) is 3.15. The number of benzene rings is 1. The van der Waals surface area contributed by atoms with E-state index >= 15 is 0 Å². The Morgan fingerprint density at radius 2 is 1.91 bits per heavy atom. The highest BCUT2D eigenvalue weighted by Crippen LogP contribution is 2.34. The Morgan fingerprint density at radius 3 is 2.62 bits per heavy atom. The number of rotatable bonds is 8. The van der Waals surface area contributed by atoms with E-state index in [2.05, 4.69) is 0 Å². The van der Waals surface area contributed by atoms with Gasteiger partial charge in [0, 0.05) is 30.5 Å². The van der Waals surface area contributed by atoms with Gasteiger partial charge in [-0.2, -0.15) is 0 Å². The van der Waals surface area contributed by atoms with Crippen molar-refractivity contribution >= 4 is 11.8 Å². The first kappa shape index (κ1) is 20.2. The quantitative estimate of drug-likeness (QED) is 0.543. The molecule has 0 radical (unpaired) electrons. The van der Waals surface area contributed by atoms with E-state index in [1.807, 2.05) is 36.0 Å². The van der Waals surface area contributed by atoms with Crippen molar-refractivity contribution in [2.24, 2.45) is 7.05 Å². The number of amides is 2. The minimum absolute atomic E-state index is 0.0169. The minimum atomic E-state index is -0.170. The van der Waals surface area contributed by atoms with E-state index in [4.69, 9.17) is 13.9 Å². The Balaban J connectivity index is 1.35. The molecule has 32 heavy (non-hydrogen) atoms. The molecule has 0 N–H and O–H groups in total. The third-order valence-electron chi connectivity index (χ3n) is 5.86. The van der Waals surface area contributed by atoms with Crippen molar-refractivity contribution < 1.29 is 23.5 Å². The van der Waals surface area contributed by atoms with Crippen LogP contribution in [0.15, 0.2) is 59.3 Å². The van der Waals surface area contributed by atoms with Gasteiger partial charge in [0.15, 0.2) is 11.5 Å². The number of carbonyl (C=O) groups excluding carboxylic acids is 2. The molecule has 3 heterocycles. The lowest BCUT2D eigenvalue weighted by molar-refractivity contribution is -0.133. The van der Waals surface area contributed by atoms with E-state index in [1.54, 1.807) is 40.3 Å². The van der Waals surface area contributed by atoms with Crippen molar-refractivity contribution in [1.82, 2.24) is 14.4 Å². The molecule has 0 saturated heterocycles. The van der Waals surface area contributed by atoms with E-state index in [9.17, 15) is 9.59 Å². The van der Waals surface area contributed by atoms with E-state index in [1.165, 1.54) is 0 Å². The van der Waals surface area contributed by atoms with Crippen LogP contribution in [-0.2, 0) is 24.9 Å². The fraction of sp³-hybridized carbons (Fsp3) is 0.333. The summed E-state index contributed by atoms with van der Waals surface area (Å²) >= 11 is 0. The van der Waals surface area contributed by atoms with Crippen LogP contribution in [0.25, 0.3) is 0 Å². The first-order valence-corrected chi connectivity index (χ1v) is 10.7. The van der Waals surface area contributed by atoms with E-state index < -0.39 is 0 Å². The van der Waals surface area contributed by atoms with Crippen LogP contribution in [-0.4, -0.2) is 45.6 Å². The zero-order chi connectivity index (χ0) is 22.1. The monoisotopic (exact) mass is 435 g/mol. The zero-order valence-electron chi connectivity index (χ0n) is 17.9. The molecule has 2 aliphatic rings. The smallest absolute Gasteiger partial charge is 0.254 e. The third kappa shape index (κ3) is 4.21. The molecule has 1 aromatic carbocycles. The van der Waals surface area contributed by atoms with Gasteiger partial charge < -0.3 is 28.3 Å². The van der Waals surface area contributed by atoms with Gasteiger partial charge in [-0.3, -0.25) is 9.59 Å². The molecular formula is C24H25N3O5. The van der Waals surface area contributed by atoms with Gasteiger partial charge in [-0.15, -0.1) is 0 Å². The second-order valence-corrected chi connectivity index (χ2v) is 8.17. The summed E-state index contributed by atoms with van der Waals surface area (Å²) in [6.45, 7) is 0.940. The number of carbonyl (C=O) groups is 2. The van der Waals surface area contributed by atoms with Gasteiger partial charge >= 0.3 is 0 Å².